The zero-order chi connectivity index (χ0) is 23.4. The summed E-state index contributed by atoms with van der Waals surface area (Å²) < 4.78 is 22.6. The van der Waals surface area contributed by atoms with Gasteiger partial charge in [-0.15, -0.1) is 0 Å². The molecule has 1 aromatic carbocycles. The van der Waals surface area contributed by atoms with E-state index in [1.807, 2.05) is 13.0 Å². The number of rotatable bonds is 2. The van der Waals surface area contributed by atoms with Gasteiger partial charge in [0.25, 0.3) is 0 Å². The number of furan rings is 1. The second kappa shape index (κ2) is 10.1. The lowest BCUT2D eigenvalue weighted by atomic mass is 9.86. The standard InChI is InChI=1S/C26H28O7/c1-16-8-6-11-18(27)10-5-3-4-9-17-14-21-24(25(30-2)23(17)26(29)32-16)19(15-22(28)33-21)20-12-7-13-31-20/h4,7,9,12-14,16,19H,3,5-6,8,10-11,15H2,1-2H3/t16-,19-/m1/s1. The Morgan fingerprint density at radius 2 is 1.94 bits per heavy atom. The van der Waals surface area contributed by atoms with E-state index in [-0.39, 0.29) is 24.3 Å². The molecule has 0 bridgehead atoms. The quantitative estimate of drug-likeness (QED) is 0.456. The fourth-order valence-electron chi connectivity index (χ4n) is 4.44. The lowest BCUT2D eigenvalue weighted by Crippen LogP contribution is -2.24. The number of carbonyl (C=O) groups excluding carboxylic acids is 3. The molecule has 4 rings (SSSR count). The molecule has 2 aliphatic rings. The summed E-state index contributed by atoms with van der Waals surface area (Å²) in [6.45, 7) is 1.82. The number of hydrogen-bond donors (Lipinski definition) is 0. The molecule has 0 unspecified atom stereocenters. The smallest absolute Gasteiger partial charge is 0.342 e. The molecule has 0 amide bonds. The van der Waals surface area contributed by atoms with Crippen LogP contribution in [0.15, 0.2) is 35.0 Å². The number of methoxy groups -OCH3 is 1. The molecule has 7 nitrogen and oxygen atoms in total. The number of cyclic esters (lactones) is 1. The number of hydrogen-bond acceptors (Lipinski definition) is 7. The van der Waals surface area contributed by atoms with Crippen LogP contribution < -0.4 is 9.47 Å². The van der Waals surface area contributed by atoms with Crippen LogP contribution in [-0.4, -0.2) is 30.9 Å². The van der Waals surface area contributed by atoms with Crippen LogP contribution in [0.2, 0.25) is 0 Å². The molecule has 0 radical (unpaired) electrons. The third kappa shape index (κ3) is 5.02. The van der Waals surface area contributed by atoms with Crippen LogP contribution in [0, 0.1) is 0 Å². The molecule has 0 N–H and O–H groups in total. The van der Waals surface area contributed by atoms with Gasteiger partial charge in [0.1, 0.15) is 28.6 Å². The molecule has 0 fully saturated rings. The molecular formula is C26H28O7. The molecule has 2 aliphatic heterocycles. The largest absolute Gasteiger partial charge is 0.495 e. The van der Waals surface area contributed by atoms with Gasteiger partial charge >= 0.3 is 11.9 Å². The summed E-state index contributed by atoms with van der Waals surface area (Å²) in [4.78, 5) is 37.7. The Balaban J connectivity index is 1.84. The fraction of sp³-hybridized carbons (Fsp3) is 0.423. The van der Waals surface area contributed by atoms with Gasteiger partial charge in [0.15, 0.2) is 0 Å². The third-order valence-corrected chi connectivity index (χ3v) is 6.05. The van der Waals surface area contributed by atoms with Crippen LogP contribution in [0.5, 0.6) is 11.5 Å². The first-order valence-corrected chi connectivity index (χ1v) is 11.4. The van der Waals surface area contributed by atoms with Crippen molar-refractivity contribution in [2.75, 3.05) is 7.11 Å². The van der Waals surface area contributed by atoms with Gasteiger partial charge in [-0.1, -0.05) is 12.2 Å². The number of fused-ring (bicyclic) bond motifs is 2. The second-order valence-electron chi connectivity index (χ2n) is 8.47. The Morgan fingerprint density at radius 1 is 1.12 bits per heavy atom. The average molecular weight is 453 g/mol. The van der Waals surface area contributed by atoms with E-state index in [1.54, 1.807) is 30.5 Å². The van der Waals surface area contributed by atoms with Crippen molar-refractivity contribution in [3.05, 3.63) is 53.0 Å². The molecule has 1 aromatic heterocycles. The predicted octanol–water partition coefficient (Wildman–Crippen LogP) is 5.21. The van der Waals surface area contributed by atoms with Crippen LogP contribution in [0.1, 0.15) is 85.0 Å². The first-order chi connectivity index (χ1) is 16.0. The van der Waals surface area contributed by atoms with Crippen molar-refractivity contribution in [1.29, 1.82) is 0 Å². The Morgan fingerprint density at radius 3 is 2.70 bits per heavy atom. The molecule has 7 heteroatoms. The van der Waals surface area contributed by atoms with Crippen LogP contribution >= 0.6 is 0 Å². The van der Waals surface area contributed by atoms with E-state index in [0.29, 0.717) is 66.1 Å². The highest BCUT2D eigenvalue weighted by atomic mass is 16.5. The highest BCUT2D eigenvalue weighted by molar-refractivity contribution is 5.99. The first-order valence-electron chi connectivity index (χ1n) is 11.4. The van der Waals surface area contributed by atoms with E-state index >= 15 is 0 Å². The first kappa shape index (κ1) is 22.8. The van der Waals surface area contributed by atoms with Gasteiger partial charge in [-0.25, -0.2) is 4.79 Å². The summed E-state index contributed by atoms with van der Waals surface area (Å²) in [5, 5.41) is 0. The molecule has 0 saturated carbocycles. The molecule has 2 atom stereocenters. The van der Waals surface area contributed by atoms with Gasteiger partial charge in [-0.2, -0.15) is 0 Å². The van der Waals surface area contributed by atoms with Gasteiger partial charge in [-0.3, -0.25) is 9.59 Å². The number of allylic oxidation sites excluding steroid dienone is 1. The Kier molecular flexibility index (Phi) is 6.96. The molecule has 174 valence electrons. The van der Waals surface area contributed by atoms with Crippen molar-refractivity contribution in [3.8, 4) is 11.5 Å². The Bertz CT molecular complexity index is 1060. The summed E-state index contributed by atoms with van der Waals surface area (Å²) in [6.07, 6.45) is 8.69. The zero-order valence-electron chi connectivity index (χ0n) is 18.9. The van der Waals surface area contributed by atoms with Crippen LogP contribution in [0.25, 0.3) is 6.08 Å². The molecule has 33 heavy (non-hydrogen) atoms. The molecule has 3 heterocycles. The molecule has 0 aliphatic carbocycles. The Hall–Kier alpha value is -3.35. The molecule has 2 aromatic rings. The lowest BCUT2D eigenvalue weighted by molar-refractivity contribution is -0.135. The monoisotopic (exact) mass is 452 g/mol. The highest BCUT2D eigenvalue weighted by Crippen LogP contribution is 2.47. The number of esters is 2. The average Bonchev–Trinajstić information content (AvgIpc) is 3.31. The van der Waals surface area contributed by atoms with E-state index in [2.05, 4.69) is 0 Å². The van der Waals surface area contributed by atoms with E-state index in [0.717, 1.165) is 6.42 Å². The van der Waals surface area contributed by atoms with Gasteiger partial charge in [-0.05, 0) is 56.4 Å². The maximum Gasteiger partial charge on any atom is 0.342 e. The summed E-state index contributed by atoms with van der Waals surface area (Å²) >= 11 is 0. The number of ether oxygens (including phenoxy) is 3. The Labute approximate surface area is 192 Å². The van der Waals surface area contributed by atoms with Gasteiger partial charge < -0.3 is 18.6 Å². The minimum Gasteiger partial charge on any atom is -0.495 e. The third-order valence-electron chi connectivity index (χ3n) is 6.05. The van der Waals surface area contributed by atoms with E-state index in [1.165, 1.54) is 7.11 Å². The van der Waals surface area contributed by atoms with Crippen molar-refractivity contribution in [2.45, 2.75) is 63.9 Å². The molecule has 0 spiro atoms. The van der Waals surface area contributed by atoms with Gasteiger partial charge in [0, 0.05) is 18.4 Å². The predicted molar refractivity (Wildman–Crippen MR) is 120 cm³/mol. The number of carbonyl (C=O) groups is 3. The maximum atomic E-state index is 13.3. The summed E-state index contributed by atoms with van der Waals surface area (Å²) in [5.41, 5.74) is 1.43. The van der Waals surface area contributed by atoms with E-state index in [9.17, 15) is 14.4 Å². The summed E-state index contributed by atoms with van der Waals surface area (Å²) in [6, 6.07) is 5.23. The lowest BCUT2D eigenvalue weighted by Gasteiger charge is -2.27. The van der Waals surface area contributed by atoms with Crippen molar-refractivity contribution in [2.24, 2.45) is 0 Å². The molecule has 0 saturated heterocycles. The zero-order valence-corrected chi connectivity index (χ0v) is 18.9. The highest BCUT2D eigenvalue weighted by Gasteiger charge is 2.37. The van der Waals surface area contributed by atoms with Crippen LogP contribution in [-0.2, 0) is 14.3 Å². The van der Waals surface area contributed by atoms with Crippen LogP contribution in [0.3, 0.4) is 0 Å². The van der Waals surface area contributed by atoms with Crippen molar-refractivity contribution < 1.29 is 33.0 Å². The summed E-state index contributed by atoms with van der Waals surface area (Å²) in [7, 11) is 1.49. The van der Waals surface area contributed by atoms with Crippen molar-refractivity contribution in [3.63, 3.8) is 0 Å². The number of ketones is 1. The molecular weight excluding hydrogens is 424 g/mol. The number of benzene rings is 1. The summed E-state index contributed by atoms with van der Waals surface area (Å²) in [5.74, 6) is 0.140. The minimum absolute atomic E-state index is 0.0744. The van der Waals surface area contributed by atoms with Crippen molar-refractivity contribution >= 4 is 23.8 Å². The number of Topliss-reactive ketones (excluding diaryl/α,β-unsaturated/α-hetero) is 1. The van der Waals surface area contributed by atoms with Crippen molar-refractivity contribution in [1.82, 2.24) is 0 Å². The normalized spacial score (nSPS) is 21.9. The van der Waals surface area contributed by atoms with Crippen LogP contribution in [0.4, 0.5) is 0 Å². The SMILES string of the molecule is COc1c2c(cc3c1[C@@H](c1ccco1)CC(=O)O3)C=CCCCC(=O)CCC[C@@H](C)OC2=O. The fourth-order valence-corrected chi connectivity index (χ4v) is 4.44. The maximum absolute atomic E-state index is 13.3. The second-order valence-corrected chi connectivity index (χ2v) is 8.47. The van der Waals surface area contributed by atoms with E-state index in [4.69, 9.17) is 18.6 Å². The van der Waals surface area contributed by atoms with Gasteiger partial charge in [0.05, 0.1) is 31.8 Å². The minimum atomic E-state index is -0.514. The topological polar surface area (TPSA) is 92.0 Å². The van der Waals surface area contributed by atoms with Gasteiger partial charge in [0.2, 0.25) is 0 Å². The van der Waals surface area contributed by atoms with E-state index < -0.39 is 11.9 Å².